The summed E-state index contributed by atoms with van der Waals surface area (Å²) in [6.07, 6.45) is 0. The van der Waals surface area contributed by atoms with Gasteiger partial charge in [-0.15, -0.1) is 0 Å². The molecule has 0 unspecified atom stereocenters. The number of primary amides is 1. The maximum absolute atomic E-state index is 9.86. The molecule has 44 valence electrons. The first-order valence-corrected chi connectivity index (χ1v) is 2.13. The first-order valence-electron chi connectivity index (χ1n) is 2.13. The average Bonchev–Trinajstić information content (AvgIpc) is 1.61. The monoisotopic (exact) mass is 111 g/mol. The molecule has 0 rings (SSSR count). The first-order chi connectivity index (χ1) is 3.27. The molecule has 3 nitrogen and oxygen atoms in total. The molecule has 0 saturated heterocycles. The molecule has 0 aliphatic heterocycles. The summed E-state index contributed by atoms with van der Waals surface area (Å²) in [5.41, 5.74) is 4.71. The van der Waals surface area contributed by atoms with Crippen molar-refractivity contribution in [1.82, 2.24) is 0 Å². The van der Waals surface area contributed by atoms with E-state index in [9.17, 15) is 4.79 Å². The van der Waals surface area contributed by atoms with Crippen molar-refractivity contribution in [3.63, 3.8) is 0 Å². The van der Waals surface area contributed by atoms with Crippen LogP contribution in [0.25, 0.3) is 0 Å². The van der Waals surface area contributed by atoms with Crippen LogP contribution in [0.1, 0.15) is 6.92 Å². The summed E-state index contributed by atoms with van der Waals surface area (Å²) in [6.45, 7) is 2.39. The van der Waals surface area contributed by atoms with Crippen molar-refractivity contribution < 1.29 is 9.53 Å². The number of nitrogens with two attached hydrogens (primary N) is 1. The Balaban J connectivity index is 0. The fourth-order valence-corrected chi connectivity index (χ4v) is 0.203. The Morgan fingerprint density at radius 1 is 1.75 bits per heavy atom. The normalized spacial score (nSPS) is 7.62. The number of rotatable bonds is 3. The van der Waals surface area contributed by atoms with Gasteiger partial charge in [0.05, 0.1) is 0 Å². The van der Waals surface area contributed by atoms with E-state index < -0.39 is 5.91 Å². The molecule has 0 fully saturated rings. The number of amides is 1. The molecular formula is C4H10LiNO2. The molecule has 8 heavy (non-hydrogen) atoms. The fourth-order valence-electron chi connectivity index (χ4n) is 0.203. The predicted octanol–water partition coefficient (Wildman–Crippen LogP) is -1.14. The molecule has 0 spiro atoms. The summed E-state index contributed by atoms with van der Waals surface area (Å²) < 4.78 is 4.62. The molecule has 0 saturated carbocycles. The molecule has 0 aliphatic carbocycles. The van der Waals surface area contributed by atoms with Gasteiger partial charge in [0.15, 0.2) is 0 Å². The van der Waals surface area contributed by atoms with Gasteiger partial charge in [0.25, 0.3) is 0 Å². The van der Waals surface area contributed by atoms with Crippen molar-refractivity contribution in [2.45, 2.75) is 6.92 Å². The second kappa shape index (κ2) is 7.03. The van der Waals surface area contributed by atoms with E-state index in [4.69, 9.17) is 5.73 Å². The van der Waals surface area contributed by atoms with Crippen molar-refractivity contribution in [2.75, 3.05) is 13.2 Å². The van der Waals surface area contributed by atoms with Crippen molar-refractivity contribution in [2.24, 2.45) is 5.73 Å². The van der Waals surface area contributed by atoms with Crippen LogP contribution < -0.4 is 5.73 Å². The van der Waals surface area contributed by atoms with Crippen LogP contribution in [-0.2, 0) is 9.53 Å². The van der Waals surface area contributed by atoms with E-state index in [0.29, 0.717) is 6.61 Å². The second-order valence-corrected chi connectivity index (χ2v) is 1.10. The Kier molecular flexibility index (Phi) is 9.59. The molecular weight excluding hydrogens is 101 g/mol. The summed E-state index contributed by atoms with van der Waals surface area (Å²) in [6, 6.07) is 0. The van der Waals surface area contributed by atoms with Gasteiger partial charge in [0, 0.05) is 6.61 Å². The molecule has 2 N–H and O–H groups in total. The van der Waals surface area contributed by atoms with Gasteiger partial charge >= 0.3 is 18.9 Å². The molecule has 0 bridgehead atoms. The Hall–Kier alpha value is 0.0274. The van der Waals surface area contributed by atoms with Gasteiger partial charge in [-0.3, -0.25) is 4.79 Å². The number of carbonyl (C=O) groups is 1. The SMILES string of the molecule is CCOCC(N)=O.[LiH]. The Morgan fingerprint density at radius 3 is 2.38 bits per heavy atom. The van der Waals surface area contributed by atoms with Gasteiger partial charge in [0.1, 0.15) is 6.61 Å². The van der Waals surface area contributed by atoms with Gasteiger partial charge in [-0.1, -0.05) is 0 Å². The van der Waals surface area contributed by atoms with E-state index in [2.05, 4.69) is 4.74 Å². The molecule has 0 heterocycles. The average molecular weight is 111 g/mol. The summed E-state index contributed by atoms with van der Waals surface area (Å²) >= 11 is 0. The predicted molar refractivity (Wildman–Crippen MR) is 32.8 cm³/mol. The van der Waals surface area contributed by atoms with E-state index >= 15 is 0 Å². The number of carbonyl (C=O) groups excluding carboxylic acids is 1. The summed E-state index contributed by atoms with van der Waals surface area (Å²) in [5, 5.41) is 0. The van der Waals surface area contributed by atoms with Gasteiger partial charge in [0.2, 0.25) is 5.91 Å². The van der Waals surface area contributed by atoms with Gasteiger partial charge < -0.3 is 10.5 Å². The third-order valence-electron chi connectivity index (χ3n) is 0.448. The summed E-state index contributed by atoms with van der Waals surface area (Å²) in [7, 11) is 0. The minimum atomic E-state index is -0.415. The van der Waals surface area contributed by atoms with Crippen LogP contribution in [-0.4, -0.2) is 38.0 Å². The van der Waals surface area contributed by atoms with Crippen molar-refractivity contribution >= 4 is 24.8 Å². The second-order valence-electron chi connectivity index (χ2n) is 1.10. The molecule has 0 aromatic carbocycles. The zero-order valence-electron chi connectivity index (χ0n) is 4.31. The zero-order valence-corrected chi connectivity index (χ0v) is 4.31. The fraction of sp³-hybridized carbons (Fsp3) is 0.750. The maximum atomic E-state index is 9.86. The quantitative estimate of drug-likeness (QED) is 0.468. The summed E-state index contributed by atoms with van der Waals surface area (Å²) in [4.78, 5) is 9.86. The third kappa shape index (κ3) is 9.39. The Labute approximate surface area is 60.7 Å². The van der Waals surface area contributed by atoms with E-state index in [1.807, 2.05) is 6.92 Å². The molecule has 0 atom stereocenters. The van der Waals surface area contributed by atoms with Crippen LogP contribution in [0.3, 0.4) is 0 Å². The first kappa shape index (κ1) is 10.9. The van der Waals surface area contributed by atoms with E-state index in [-0.39, 0.29) is 25.5 Å². The van der Waals surface area contributed by atoms with Crippen LogP contribution in [0.5, 0.6) is 0 Å². The van der Waals surface area contributed by atoms with E-state index in [0.717, 1.165) is 0 Å². The van der Waals surface area contributed by atoms with Crippen LogP contribution in [0.4, 0.5) is 0 Å². The molecule has 0 aliphatic rings. The number of hydrogen-bond acceptors (Lipinski definition) is 2. The Morgan fingerprint density at radius 2 is 2.25 bits per heavy atom. The molecule has 0 radical (unpaired) electrons. The van der Waals surface area contributed by atoms with E-state index in [1.54, 1.807) is 0 Å². The van der Waals surface area contributed by atoms with Gasteiger partial charge in [-0.05, 0) is 6.92 Å². The van der Waals surface area contributed by atoms with E-state index in [1.165, 1.54) is 0 Å². The molecule has 4 heteroatoms. The van der Waals surface area contributed by atoms with Crippen LogP contribution in [0.15, 0.2) is 0 Å². The topological polar surface area (TPSA) is 52.3 Å². The number of hydrogen-bond donors (Lipinski definition) is 1. The van der Waals surface area contributed by atoms with Gasteiger partial charge in [-0.25, -0.2) is 0 Å². The van der Waals surface area contributed by atoms with Crippen LogP contribution in [0.2, 0.25) is 0 Å². The minimum absolute atomic E-state index is 0. The number of ether oxygens (including phenoxy) is 1. The van der Waals surface area contributed by atoms with Crippen molar-refractivity contribution in [3.8, 4) is 0 Å². The van der Waals surface area contributed by atoms with Crippen molar-refractivity contribution in [3.05, 3.63) is 0 Å². The van der Waals surface area contributed by atoms with Gasteiger partial charge in [-0.2, -0.15) is 0 Å². The standard InChI is InChI=1S/C4H9NO2.Li.H/c1-2-7-3-4(5)6;;/h2-3H2,1H3,(H2,5,6);;. The van der Waals surface area contributed by atoms with Crippen LogP contribution >= 0.6 is 0 Å². The van der Waals surface area contributed by atoms with Crippen molar-refractivity contribution in [1.29, 1.82) is 0 Å². The molecule has 1 amide bonds. The summed E-state index contributed by atoms with van der Waals surface area (Å²) in [5.74, 6) is -0.415. The Bertz CT molecular complexity index is 67.1. The zero-order chi connectivity index (χ0) is 5.70. The van der Waals surface area contributed by atoms with Crippen LogP contribution in [0, 0.1) is 0 Å². The third-order valence-corrected chi connectivity index (χ3v) is 0.448. The molecule has 0 aromatic heterocycles. The molecule has 0 aromatic rings.